The number of hydrogen-bond acceptors (Lipinski definition) is 4. The zero-order valence-electron chi connectivity index (χ0n) is 16.1. The van der Waals surface area contributed by atoms with Crippen molar-refractivity contribution < 1.29 is 4.79 Å². The van der Waals surface area contributed by atoms with Crippen LogP contribution in [0.4, 0.5) is 0 Å². The van der Waals surface area contributed by atoms with Gasteiger partial charge in [-0.25, -0.2) is 4.68 Å². The van der Waals surface area contributed by atoms with Gasteiger partial charge < -0.3 is 5.32 Å². The molecule has 1 aromatic heterocycles. The highest BCUT2D eigenvalue weighted by atomic mass is 16.1. The molecule has 4 rings (SSSR count). The standard InChI is InChI=1S/C23H21N5O/c1-17-4-2-6-20(12-17)21-7-3-5-19(13-21)15-24-23(29)14-18-8-10-22(11-9-18)28-16-25-26-27-28/h2-13,16H,14-15H2,1H3,(H,24,29). The highest BCUT2D eigenvalue weighted by Crippen LogP contribution is 2.21. The van der Waals surface area contributed by atoms with Crippen molar-refractivity contribution in [1.29, 1.82) is 0 Å². The Balaban J connectivity index is 1.35. The van der Waals surface area contributed by atoms with Crippen molar-refractivity contribution in [2.24, 2.45) is 0 Å². The smallest absolute Gasteiger partial charge is 0.224 e. The van der Waals surface area contributed by atoms with Crippen LogP contribution in [0.15, 0.2) is 79.1 Å². The van der Waals surface area contributed by atoms with Gasteiger partial charge in [-0.3, -0.25) is 4.79 Å². The number of tetrazole rings is 1. The highest BCUT2D eigenvalue weighted by Gasteiger charge is 2.06. The second kappa shape index (κ2) is 8.48. The number of amides is 1. The quantitative estimate of drug-likeness (QED) is 0.553. The van der Waals surface area contributed by atoms with E-state index >= 15 is 0 Å². The predicted octanol–water partition coefficient (Wildman–Crippen LogP) is 3.50. The van der Waals surface area contributed by atoms with Gasteiger partial charge in [0, 0.05) is 6.54 Å². The maximum Gasteiger partial charge on any atom is 0.224 e. The maximum absolute atomic E-state index is 12.4. The third-order valence-corrected chi connectivity index (χ3v) is 4.68. The van der Waals surface area contributed by atoms with Crippen molar-refractivity contribution in [1.82, 2.24) is 25.5 Å². The second-order valence-electron chi connectivity index (χ2n) is 6.94. The van der Waals surface area contributed by atoms with E-state index in [1.165, 1.54) is 17.5 Å². The van der Waals surface area contributed by atoms with Gasteiger partial charge >= 0.3 is 0 Å². The van der Waals surface area contributed by atoms with E-state index in [4.69, 9.17) is 0 Å². The number of benzene rings is 3. The summed E-state index contributed by atoms with van der Waals surface area (Å²) in [5.74, 6) is -0.0128. The lowest BCUT2D eigenvalue weighted by Gasteiger charge is -2.09. The Morgan fingerprint density at radius 2 is 1.69 bits per heavy atom. The Morgan fingerprint density at radius 1 is 0.931 bits per heavy atom. The van der Waals surface area contributed by atoms with Gasteiger partial charge in [0.2, 0.25) is 5.91 Å². The van der Waals surface area contributed by atoms with Crippen LogP contribution in [0.5, 0.6) is 0 Å². The van der Waals surface area contributed by atoms with Crippen molar-refractivity contribution in [3.63, 3.8) is 0 Å². The van der Waals surface area contributed by atoms with Gasteiger partial charge in [0.15, 0.2) is 0 Å². The fraction of sp³-hybridized carbons (Fsp3) is 0.130. The van der Waals surface area contributed by atoms with Crippen LogP contribution < -0.4 is 5.32 Å². The maximum atomic E-state index is 12.4. The number of nitrogens with zero attached hydrogens (tertiary/aromatic N) is 4. The molecule has 1 heterocycles. The lowest BCUT2D eigenvalue weighted by atomic mass is 10.0. The first-order valence-electron chi connectivity index (χ1n) is 9.42. The van der Waals surface area contributed by atoms with Gasteiger partial charge in [-0.15, -0.1) is 5.10 Å². The van der Waals surface area contributed by atoms with E-state index in [-0.39, 0.29) is 5.91 Å². The van der Waals surface area contributed by atoms with Gasteiger partial charge in [0.1, 0.15) is 6.33 Å². The van der Waals surface area contributed by atoms with E-state index < -0.39 is 0 Å². The average Bonchev–Trinajstić information content (AvgIpc) is 3.28. The molecule has 0 radical (unpaired) electrons. The molecule has 0 aliphatic heterocycles. The van der Waals surface area contributed by atoms with E-state index in [1.54, 1.807) is 4.68 Å². The lowest BCUT2D eigenvalue weighted by molar-refractivity contribution is -0.120. The van der Waals surface area contributed by atoms with Crippen molar-refractivity contribution in [2.45, 2.75) is 19.9 Å². The minimum absolute atomic E-state index is 0.0128. The van der Waals surface area contributed by atoms with E-state index in [1.807, 2.05) is 36.4 Å². The number of rotatable bonds is 6. The molecule has 0 fully saturated rings. The highest BCUT2D eigenvalue weighted by molar-refractivity contribution is 5.78. The molecular formula is C23H21N5O. The number of carbonyl (C=O) groups is 1. The van der Waals surface area contributed by atoms with Crippen molar-refractivity contribution in [2.75, 3.05) is 0 Å². The molecule has 1 N–H and O–H groups in total. The van der Waals surface area contributed by atoms with Gasteiger partial charge in [0.05, 0.1) is 12.1 Å². The molecular weight excluding hydrogens is 362 g/mol. The van der Waals surface area contributed by atoms with E-state index in [0.29, 0.717) is 13.0 Å². The monoisotopic (exact) mass is 383 g/mol. The molecule has 6 nitrogen and oxygen atoms in total. The van der Waals surface area contributed by atoms with Gasteiger partial charge in [0.25, 0.3) is 0 Å². The number of carbonyl (C=O) groups excluding carboxylic acids is 1. The van der Waals surface area contributed by atoms with Gasteiger partial charge in [-0.05, 0) is 57.8 Å². The van der Waals surface area contributed by atoms with Crippen LogP contribution in [0, 0.1) is 6.92 Å². The minimum atomic E-state index is -0.0128. The SMILES string of the molecule is Cc1cccc(-c2cccc(CNC(=O)Cc3ccc(-n4cnnn4)cc3)c2)c1. The summed E-state index contributed by atoms with van der Waals surface area (Å²) >= 11 is 0. The summed E-state index contributed by atoms with van der Waals surface area (Å²) in [4.78, 5) is 12.4. The van der Waals surface area contributed by atoms with Crippen molar-refractivity contribution in [3.8, 4) is 16.8 Å². The molecule has 144 valence electrons. The Kier molecular flexibility index (Phi) is 5.42. The Hall–Kier alpha value is -3.80. The zero-order valence-corrected chi connectivity index (χ0v) is 16.1. The summed E-state index contributed by atoms with van der Waals surface area (Å²) in [7, 11) is 0. The molecule has 0 atom stereocenters. The molecule has 0 spiro atoms. The van der Waals surface area contributed by atoms with Crippen molar-refractivity contribution in [3.05, 3.63) is 95.8 Å². The molecule has 0 aliphatic carbocycles. The second-order valence-corrected chi connectivity index (χ2v) is 6.94. The first-order valence-corrected chi connectivity index (χ1v) is 9.42. The fourth-order valence-electron chi connectivity index (χ4n) is 3.18. The molecule has 29 heavy (non-hydrogen) atoms. The zero-order chi connectivity index (χ0) is 20.1. The predicted molar refractivity (Wildman–Crippen MR) is 111 cm³/mol. The molecule has 6 heteroatoms. The third kappa shape index (κ3) is 4.73. The summed E-state index contributed by atoms with van der Waals surface area (Å²) in [6, 6.07) is 24.3. The summed E-state index contributed by atoms with van der Waals surface area (Å²) in [5.41, 5.74) is 6.43. The molecule has 0 saturated carbocycles. The summed E-state index contributed by atoms with van der Waals surface area (Å²) in [5, 5.41) is 14.1. The topological polar surface area (TPSA) is 72.7 Å². The fourth-order valence-corrected chi connectivity index (χ4v) is 3.18. The normalized spacial score (nSPS) is 10.7. The molecule has 3 aromatic carbocycles. The number of aryl methyl sites for hydroxylation is 1. The molecule has 1 amide bonds. The number of aromatic nitrogens is 4. The molecule has 0 saturated heterocycles. The Morgan fingerprint density at radius 3 is 2.41 bits per heavy atom. The van der Waals surface area contributed by atoms with Crippen LogP contribution >= 0.6 is 0 Å². The summed E-state index contributed by atoms with van der Waals surface area (Å²) < 4.78 is 1.57. The molecule has 0 unspecified atom stereocenters. The van der Waals surface area contributed by atoms with Crippen LogP contribution in [0.3, 0.4) is 0 Å². The number of hydrogen-bond donors (Lipinski definition) is 1. The van der Waals surface area contributed by atoms with E-state index in [0.717, 1.165) is 22.4 Å². The summed E-state index contributed by atoms with van der Waals surface area (Å²) in [6.45, 7) is 2.59. The van der Waals surface area contributed by atoms with Gasteiger partial charge in [-0.1, -0.05) is 60.2 Å². The first-order chi connectivity index (χ1) is 14.2. The van der Waals surface area contributed by atoms with Crippen LogP contribution in [-0.4, -0.2) is 26.1 Å². The first kappa shape index (κ1) is 18.6. The van der Waals surface area contributed by atoms with Crippen LogP contribution in [0.2, 0.25) is 0 Å². The van der Waals surface area contributed by atoms with E-state index in [9.17, 15) is 4.79 Å². The minimum Gasteiger partial charge on any atom is -0.352 e. The Bertz CT molecular complexity index is 1100. The average molecular weight is 383 g/mol. The van der Waals surface area contributed by atoms with Crippen molar-refractivity contribution >= 4 is 5.91 Å². The van der Waals surface area contributed by atoms with Crippen LogP contribution in [0.25, 0.3) is 16.8 Å². The largest absolute Gasteiger partial charge is 0.352 e. The van der Waals surface area contributed by atoms with Gasteiger partial charge in [-0.2, -0.15) is 0 Å². The lowest BCUT2D eigenvalue weighted by Crippen LogP contribution is -2.24. The summed E-state index contributed by atoms with van der Waals surface area (Å²) in [6.07, 6.45) is 1.86. The Labute approximate surface area is 169 Å². The number of nitrogens with one attached hydrogen (secondary N) is 1. The molecule has 0 aliphatic rings. The third-order valence-electron chi connectivity index (χ3n) is 4.68. The molecule has 0 bridgehead atoms. The van der Waals surface area contributed by atoms with E-state index in [2.05, 4.69) is 64.2 Å². The van der Waals surface area contributed by atoms with Crippen LogP contribution in [0.1, 0.15) is 16.7 Å². The molecule has 4 aromatic rings. The van der Waals surface area contributed by atoms with Crippen LogP contribution in [-0.2, 0) is 17.8 Å².